The van der Waals surface area contributed by atoms with Crippen molar-refractivity contribution in [1.29, 1.82) is 0 Å². The number of aromatic nitrogens is 2. The van der Waals surface area contributed by atoms with Crippen LogP contribution in [0.15, 0.2) is 6.07 Å². The minimum Gasteiger partial charge on any atom is -0.378 e. The Bertz CT molecular complexity index is 450. The third kappa shape index (κ3) is 3.58. The van der Waals surface area contributed by atoms with Gasteiger partial charge in [-0.2, -0.15) is 5.10 Å². The molecule has 6 heteroatoms. The first-order chi connectivity index (χ1) is 9.61. The number of rotatable bonds is 5. The Balaban J connectivity index is 1.84. The summed E-state index contributed by atoms with van der Waals surface area (Å²) in [4.78, 5) is 14.3. The number of carbonyl (C=O) groups excluding carboxylic acids is 1. The van der Waals surface area contributed by atoms with Crippen LogP contribution in [0.2, 0.25) is 0 Å². The molecule has 20 heavy (non-hydrogen) atoms. The van der Waals surface area contributed by atoms with Gasteiger partial charge in [0.1, 0.15) is 5.69 Å². The van der Waals surface area contributed by atoms with Gasteiger partial charge in [0.05, 0.1) is 11.8 Å². The van der Waals surface area contributed by atoms with Gasteiger partial charge in [0.15, 0.2) is 0 Å². The van der Waals surface area contributed by atoms with E-state index in [-0.39, 0.29) is 12.0 Å². The number of carbonyl (C=O) groups is 1. The van der Waals surface area contributed by atoms with Gasteiger partial charge in [-0.05, 0) is 38.8 Å². The molecular formula is C14H24N4O2. The molecule has 1 aromatic heterocycles. The molecule has 1 aromatic rings. The van der Waals surface area contributed by atoms with Crippen LogP contribution in [0.3, 0.4) is 0 Å². The third-order valence-electron chi connectivity index (χ3n) is 3.65. The Hall–Kier alpha value is -1.40. The molecule has 2 N–H and O–H groups in total. The molecule has 1 aliphatic rings. The number of amides is 1. The Morgan fingerprint density at radius 3 is 2.75 bits per heavy atom. The standard InChI is InChI=1S/C14H24N4O2/c1-11-10-13(17(2)16-11)14(19)18-7-4-12(5-8-18)20-9-3-6-15/h10,12H,3-9,15H2,1-2H3. The van der Waals surface area contributed by atoms with Crippen LogP contribution in [-0.4, -0.2) is 52.9 Å². The van der Waals surface area contributed by atoms with Crippen molar-refractivity contribution in [2.75, 3.05) is 26.2 Å². The van der Waals surface area contributed by atoms with E-state index in [0.717, 1.165) is 44.7 Å². The maximum Gasteiger partial charge on any atom is 0.272 e. The van der Waals surface area contributed by atoms with Crippen molar-refractivity contribution in [2.45, 2.75) is 32.3 Å². The van der Waals surface area contributed by atoms with Crippen LogP contribution in [0, 0.1) is 6.92 Å². The fourth-order valence-corrected chi connectivity index (χ4v) is 2.53. The van der Waals surface area contributed by atoms with E-state index >= 15 is 0 Å². The Morgan fingerprint density at radius 1 is 1.50 bits per heavy atom. The molecule has 2 rings (SSSR count). The topological polar surface area (TPSA) is 73.4 Å². The predicted octanol–water partition coefficient (Wildman–Crippen LogP) is 0.699. The van der Waals surface area contributed by atoms with Crippen molar-refractivity contribution >= 4 is 5.91 Å². The molecule has 0 unspecified atom stereocenters. The monoisotopic (exact) mass is 280 g/mol. The number of hydrogen-bond acceptors (Lipinski definition) is 4. The summed E-state index contributed by atoms with van der Waals surface area (Å²) in [6.45, 7) is 4.77. The maximum absolute atomic E-state index is 12.4. The van der Waals surface area contributed by atoms with E-state index in [2.05, 4.69) is 5.10 Å². The normalized spacial score (nSPS) is 16.6. The number of nitrogens with two attached hydrogens (primary N) is 1. The minimum atomic E-state index is 0.0634. The molecule has 6 nitrogen and oxygen atoms in total. The van der Waals surface area contributed by atoms with E-state index in [1.165, 1.54) is 0 Å². The first-order valence-corrected chi connectivity index (χ1v) is 7.23. The van der Waals surface area contributed by atoms with Crippen LogP contribution in [0.1, 0.15) is 35.4 Å². The zero-order chi connectivity index (χ0) is 14.5. The Kier molecular flexibility index (Phi) is 5.14. The van der Waals surface area contributed by atoms with Gasteiger partial charge in [0.2, 0.25) is 0 Å². The molecule has 0 aliphatic carbocycles. The van der Waals surface area contributed by atoms with E-state index < -0.39 is 0 Å². The lowest BCUT2D eigenvalue weighted by Crippen LogP contribution is -2.41. The van der Waals surface area contributed by atoms with Gasteiger partial charge >= 0.3 is 0 Å². The SMILES string of the molecule is Cc1cc(C(=O)N2CCC(OCCCN)CC2)n(C)n1. The maximum atomic E-state index is 12.4. The highest BCUT2D eigenvalue weighted by Crippen LogP contribution is 2.16. The van der Waals surface area contributed by atoms with Gasteiger partial charge in [-0.25, -0.2) is 0 Å². The number of likely N-dealkylation sites (tertiary alicyclic amines) is 1. The average molecular weight is 280 g/mol. The Morgan fingerprint density at radius 2 is 2.20 bits per heavy atom. The molecule has 1 amide bonds. The number of hydrogen-bond donors (Lipinski definition) is 1. The summed E-state index contributed by atoms with van der Waals surface area (Å²) in [6, 6.07) is 1.84. The molecule has 112 valence electrons. The molecule has 0 atom stereocenters. The van der Waals surface area contributed by atoms with Gasteiger partial charge in [-0.15, -0.1) is 0 Å². The third-order valence-corrected chi connectivity index (χ3v) is 3.65. The van der Waals surface area contributed by atoms with Crippen molar-refractivity contribution in [3.8, 4) is 0 Å². The fourth-order valence-electron chi connectivity index (χ4n) is 2.53. The van der Waals surface area contributed by atoms with E-state index in [1.807, 2.05) is 24.9 Å². The quantitative estimate of drug-likeness (QED) is 0.806. The molecule has 1 aliphatic heterocycles. The van der Waals surface area contributed by atoms with Crippen molar-refractivity contribution in [3.05, 3.63) is 17.5 Å². The second-order valence-electron chi connectivity index (χ2n) is 5.30. The van der Waals surface area contributed by atoms with E-state index in [9.17, 15) is 4.79 Å². The van der Waals surface area contributed by atoms with Gasteiger partial charge in [0, 0.05) is 26.7 Å². The summed E-state index contributed by atoms with van der Waals surface area (Å²) >= 11 is 0. The van der Waals surface area contributed by atoms with E-state index in [4.69, 9.17) is 10.5 Å². The summed E-state index contributed by atoms with van der Waals surface area (Å²) < 4.78 is 7.40. The van der Waals surface area contributed by atoms with Crippen LogP contribution in [0.4, 0.5) is 0 Å². The molecule has 0 aromatic carbocycles. The highest BCUT2D eigenvalue weighted by molar-refractivity contribution is 5.92. The summed E-state index contributed by atoms with van der Waals surface area (Å²) in [6.07, 6.45) is 2.95. The van der Waals surface area contributed by atoms with Crippen molar-refractivity contribution in [3.63, 3.8) is 0 Å². The van der Waals surface area contributed by atoms with Crippen LogP contribution in [-0.2, 0) is 11.8 Å². The first kappa shape index (κ1) is 15.0. The molecule has 2 heterocycles. The number of piperidine rings is 1. The summed E-state index contributed by atoms with van der Waals surface area (Å²) in [7, 11) is 1.81. The fraction of sp³-hybridized carbons (Fsp3) is 0.714. The molecular weight excluding hydrogens is 256 g/mol. The van der Waals surface area contributed by atoms with Gasteiger partial charge in [-0.1, -0.05) is 0 Å². The molecule has 1 saturated heterocycles. The first-order valence-electron chi connectivity index (χ1n) is 7.23. The second-order valence-corrected chi connectivity index (χ2v) is 5.30. The van der Waals surface area contributed by atoms with Crippen LogP contribution >= 0.6 is 0 Å². The molecule has 0 radical (unpaired) electrons. The van der Waals surface area contributed by atoms with Crippen LogP contribution in [0.5, 0.6) is 0 Å². The van der Waals surface area contributed by atoms with Crippen molar-refractivity contribution < 1.29 is 9.53 Å². The summed E-state index contributed by atoms with van der Waals surface area (Å²) in [5.74, 6) is 0.0634. The van der Waals surface area contributed by atoms with Gasteiger partial charge in [0.25, 0.3) is 5.91 Å². The van der Waals surface area contributed by atoms with E-state index in [0.29, 0.717) is 12.2 Å². The summed E-state index contributed by atoms with van der Waals surface area (Å²) in [5.41, 5.74) is 6.97. The van der Waals surface area contributed by atoms with Gasteiger partial charge in [-0.3, -0.25) is 9.48 Å². The van der Waals surface area contributed by atoms with Crippen LogP contribution < -0.4 is 5.73 Å². The predicted molar refractivity (Wildman–Crippen MR) is 76.5 cm³/mol. The van der Waals surface area contributed by atoms with Crippen LogP contribution in [0.25, 0.3) is 0 Å². The molecule has 0 saturated carbocycles. The second kappa shape index (κ2) is 6.85. The van der Waals surface area contributed by atoms with Gasteiger partial charge < -0.3 is 15.4 Å². The highest BCUT2D eigenvalue weighted by atomic mass is 16.5. The van der Waals surface area contributed by atoms with E-state index in [1.54, 1.807) is 4.68 Å². The van der Waals surface area contributed by atoms with Crippen molar-refractivity contribution in [2.24, 2.45) is 12.8 Å². The number of ether oxygens (including phenoxy) is 1. The lowest BCUT2D eigenvalue weighted by atomic mass is 10.1. The number of aryl methyl sites for hydroxylation is 2. The zero-order valence-corrected chi connectivity index (χ0v) is 12.3. The number of nitrogens with zero attached hydrogens (tertiary/aromatic N) is 3. The lowest BCUT2D eigenvalue weighted by molar-refractivity contribution is 0.00817. The molecule has 0 bridgehead atoms. The smallest absolute Gasteiger partial charge is 0.272 e. The highest BCUT2D eigenvalue weighted by Gasteiger charge is 2.25. The average Bonchev–Trinajstić information content (AvgIpc) is 2.78. The minimum absolute atomic E-state index is 0.0634. The zero-order valence-electron chi connectivity index (χ0n) is 12.3. The summed E-state index contributed by atoms with van der Waals surface area (Å²) in [5, 5.41) is 4.22. The largest absolute Gasteiger partial charge is 0.378 e. The van der Waals surface area contributed by atoms with Crippen molar-refractivity contribution in [1.82, 2.24) is 14.7 Å². The Labute approximate surface area is 119 Å². The molecule has 1 fully saturated rings. The lowest BCUT2D eigenvalue weighted by Gasteiger charge is -2.31. The molecule has 0 spiro atoms.